The zero-order chi connectivity index (χ0) is 18.1. The molecular weight excluding hydrogens is 363 g/mol. The molecule has 1 aromatic heterocycles. The van der Waals surface area contributed by atoms with Gasteiger partial charge in [0, 0.05) is 38.4 Å². The summed E-state index contributed by atoms with van der Waals surface area (Å²) in [5.74, 6) is -7.57. The molecule has 0 amide bonds. The number of hydrogen-bond acceptors (Lipinski definition) is 1. The third kappa shape index (κ3) is 3.37. The molecule has 0 unspecified atom stereocenters. The monoisotopic (exact) mass is 371 g/mol. The molecule has 0 fully saturated rings. The molecule has 0 aliphatic rings. The third-order valence-corrected chi connectivity index (χ3v) is 5.76. The van der Waals surface area contributed by atoms with Gasteiger partial charge in [-0.3, -0.25) is 4.98 Å². The predicted molar refractivity (Wildman–Crippen MR) is 82.7 cm³/mol. The highest BCUT2D eigenvalue weighted by Gasteiger charge is 2.31. The second kappa shape index (κ2) is 6.84. The highest BCUT2D eigenvalue weighted by atomic mass is 31.1. The van der Waals surface area contributed by atoms with Crippen molar-refractivity contribution in [2.45, 2.75) is 0 Å². The molecule has 0 radical (unpaired) electrons. The van der Waals surface area contributed by atoms with Gasteiger partial charge >= 0.3 is 0 Å². The van der Waals surface area contributed by atoms with Crippen molar-refractivity contribution in [3.8, 4) is 0 Å². The van der Waals surface area contributed by atoms with Gasteiger partial charge < -0.3 is 0 Å². The standard InChI is InChI=1S/C17H8F6NP/c18-9-5-11(20)16(12(21)6-9)25(15-3-1-2-4-24-15)17-13(22)7-10(19)8-14(17)23/h1-8H. The molecule has 2 aromatic carbocycles. The van der Waals surface area contributed by atoms with E-state index < -0.39 is 53.4 Å². The second-order valence-corrected chi connectivity index (χ2v) is 6.98. The van der Waals surface area contributed by atoms with Gasteiger partial charge in [0.25, 0.3) is 0 Å². The third-order valence-electron chi connectivity index (χ3n) is 3.29. The van der Waals surface area contributed by atoms with E-state index in [2.05, 4.69) is 4.98 Å². The van der Waals surface area contributed by atoms with Crippen LogP contribution in [-0.4, -0.2) is 4.98 Å². The Kier molecular flexibility index (Phi) is 4.77. The van der Waals surface area contributed by atoms with Gasteiger partial charge in [-0.2, -0.15) is 0 Å². The summed E-state index contributed by atoms with van der Waals surface area (Å²) in [7, 11) is -2.50. The Hall–Kier alpha value is -2.40. The van der Waals surface area contributed by atoms with E-state index >= 15 is 0 Å². The van der Waals surface area contributed by atoms with E-state index in [-0.39, 0.29) is 5.44 Å². The van der Waals surface area contributed by atoms with Crippen LogP contribution in [0.25, 0.3) is 0 Å². The number of nitrogens with zero attached hydrogens (tertiary/aromatic N) is 1. The van der Waals surface area contributed by atoms with Crippen LogP contribution in [0.2, 0.25) is 0 Å². The van der Waals surface area contributed by atoms with E-state index in [1.165, 1.54) is 24.4 Å². The van der Waals surface area contributed by atoms with Crippen molar-refractivity contribution >= 4 is 24.0 Å². The first-order chi connectivity index (χ1) is 11.9. The van der Waals surface area contributed by atoms with Gasteiger partial charge in [-0.25, -0.2) is 26.3 Å². The molecule has 0 bridgehead atoms. The van der Waals surface area contributed by atoms with E-state index in [1.807, 2.05) is 0 Å². The minimum Gasteiger partial charge on any atom is -0.256 e. The molecule has 3 aromatic rings. The lowest BCUT2D eigenvalue weighted by atomic mass is 10.3. The summed E-state index contributed by atoms with van der Waals surface area (Å²) in [6, 6.07) is 5.95. The Labute approximate surface area is 139 Å². The molecule has 0 aliphatic heterocycles. The summed E-state index contributed by atoms with van der Waals surface area (Å²) >= 11 is 0. The molecule has 128 valence electrons. The molecule has 1 heterocycles. The molecule has 1 nitrogen and oxygen atoms in total. The summed E-state index contributed by atoms with van der Waals surface area (Å²) < 4.78 is 83.5. The fraction of sp³-hybridized carbons (Fsp3) is 0. The first-order valence-corrected chi connectivity index (χ1v) is 8.23. The Morgan fingerprint density at radius 2 is 1.08 bits per heavy atom. The number of hydrogen-bond donors (Lipinski definition) is 0. The molecule has 0 atom stereocenters. The molecule has 0 aliphatic carbocycles. The molecule has 3 rings (SSSR count). The van der Waals surface area contributed by atoms with Gasteiger partial charge in [0.05, 0.1) is 16.0 Å². The predicted octanol–water partition coefficient (Wildman–Crippen LogP) is 3.67. The molecule has 0 saturated heterocycles. The van der Waals surface area contributed by atoms with Crippen molar-refractivity contribution < 1.29 is 26.3 Å². The van der Waals surface area contributed by atoms with Gasteiger partial charge in [-0.05, 0) is 12.1 Å². The van der Waals surface area contributed by atoms with Gasteiger partial charge in [-0.1, -0.05) is 6.07 Å². The zero-order valence-corrected chi connectivity index (χ0v) is 13.2. The Balaban J connectivity index is 2.34. The van der Waals surface area contributed by atoms with Gasteiger partial charge in [0.2, 0.25) is 0 Å². The average molecular weight is 371 g/mol. The van der Waals surface area contributed by atoms with Crippen LogP contribution in [-0.2, 0) is 0 Å². The van der Waals surface area contributed by atoms with Crippen molar-refractivity contribution in [1.29, 1.82) is 0 Å². The maximum absolute atomic E-state index is 14.3. The van der Waals surface area contributed by atoms with Crippen molar-refractivity contribution in [2.75, 3.05) is 0 Å². The van der Waals surface area contributed by atoms with Crippen LogP contribution in [0.3, 0.4) is 0 Å². The molecule has 0 spiro atoms. The fourth-order valence-corrected chi connectivity index (χ4v) is 4.54. The number of rotatable bonds is 3. The maximum Gasteiger partial charge on any atom is 0.137 e. The Morgan fingerprint density at radius 1 is 0.640 bits per heavy atom. The topological polar surface area (TPSA) is 12.9 Å². The minimum atomic E-state index is -2.50. The normalized spacial score (nSPS) is 11.2. The highest BCUT2D eigenvalue weighted by Crippen LogP contribution is 2.36. The van der Waals surface area contributed by atoms with Gasteiger partial charge in [0.15, 0.2) is 0 Å². The first-order valence-electron chi connectivity index (χ1n) is 6.88. The lowest BCUT2D eigenvalue weighted by Crippen LogP contribution is -2.30. The smallest absolute Gasteiger partial charge is 0.137 e. The average Bonchev–Trinajstić information content (AvgIpc) is 2.52. The second-order valence-electron chi connectivity index (χ2n) is 4.96. The molecule has 0 N–H and O–H groups in total. The van der Waals surface area contributed by atoms with Gasteiger partial charge in [0.1, 0.15) is 34.9 Å². The number of aromatic nitrogens is 1. The van der Waals surface area contributed by atoms with Crippen LogP contribution in [0.1, 0.15) is 0 Å². The van der Waals surface area contributed by atoms with Crippen LogP contribution in [0.15, 0.2) is 48.7 Å². The molecular formula is C17H8F6NP. The van der Waals surface area contributed by atoms with Crippen LogP contribution in [0.5, 0.6) is 0 Å². The lowest BCUT2D eigenvalue weighted by Gasteiger charge is -2.20. The SMILES string of the molecule is Fc1cc(F)c(P(c2ccccn2)c2c(F)cc(F)cc2F)c(F)c1. The Morgan fingerprint density at radius 3 is 1.44 bits per heavy atom. The summed E-state index contributed by atoms with van der Waals surface area (Å²) in [5, 5.41) is -1.45. The van der Waals surface area contributed by atoms with Crippen LogP contribution in [0.4, 0.5) is 26.3 Å². The zero-order valence-electron chi connectivity index (χ0n) is 12.3. The Bertz CT molecular complexity index is 828. The first kappa shape index (κ1) is 17.4. The number of halogens is 6. The lowest BCUT2D eigenvalue weighted by molar-refractivity contribution is 0.552. The largest absolute Gasteiger partial charge is 0.256 e. The van der Waals surface area contributed by atoms with E-state index in [0.29, 0.717) is 24.3 Å². The quantitative estimate of drug-likeness (QED) is 0.506. The van der Waals surface area contributed by atoms with Crippen LogP contribution in [0, 0.1) is 34.9 Å². The number of pyridine rings is 1. The molecule has 25 heavy (non-hydrogen) atoms. The van der Waals surface area contributed by atoms with Crippen molar-refractivity contribution in [3.63, 3.8) is 0 Å². The maximum atomic E-state index is 14.3. The van der Waals surface area contributed by atoms with Crippen molar-refractivity contribution in [1.82, 2.24) is 4.98 Å². The number of benzene rings is 2. The van der Waals surface area contributed by atoms with Crippen molar-refractivity contribution in [3.05, 3.63) is 83.6 Å². The summed E-state index contributed by atoms with van der Waals surface area (Å²) in [5.41, 5.74) is -0.0219. The summed E-state index contributed by atoms with van der Waals surface area (Å²) in [4.78, 5) is 3.92. The molecule has 0 saturated carbocycles. The summed E-state index contributed by atoms with van der Waals surface area (Å²) in [6.45, 7) is 0. The van der Waals surface area contributed by atoms with E-state index in [0.717, 1.165) is 0 Å². The van der Waals surface area contributed by atoms with Gasteiger partial charge in [-0.15, -0.1) is 0 Å². The van der Waals surface area contributed by atoms with E-state index in [9.17, 15) is 26.3 Å². The minimum absolute atomic E-state index is 0.0219. The fourth-order valence-electron chi connectivity index (χ4n) is 2.32. The van der Waals surface area contributed by atoms with Crippen molar-refractivity contribution in [2.24, 2.45) is 0 Å². The van der Waals surface area contributed by atoms with Crippen LogP contribution >= 0.6 is 7.92 Å². The highest BCUT2D eigenvalue weighted by molar-refractivity contribution is 7.79. The molecule has 8 heteroatoms. The van der Waals surface area contributed by atoms with Crippen LogP contribution < -0.4 is 16.0 Å². The van der Waals surface area contributed by atoms with E-state index in [4.69, 9.17) is 0 Å². The summed E-state index contributed by atoms with van der Waals surface area (Å²) in [6.07, 6.45) is 1.28. The van der Waals surface area contributed by atoms with E-state index in [1.54, 1.807) is 0 Å².